The van der Waals surface area contributed by atoms with Gasteiger partial charge in [0.15, 0.2) is 6.29 Å². The van der Waals surface area contributed by atoms with Crippen LogP contribution in [0, 0.1) is 0 Å². The normalized spacial score (nSPS) is 9.35. The summed E-state index contributed by atoms with van der Waals surface area (Å²) in [4.78, 5) is 10.8. The lowest BCUT2D eigenvalue weighted by molar-refractivity contribution is 0.112. The number of carbonyl (C=O) groups is 1. The fraction of sp³-hybridized carbons (Fsp3) is 0.235. The van der Waals surface area contributed by atoms with Crippen LogP contribution in [0.4, 0.5) is 0 Å². The topological polar surface area (TPSA) is 26.3 Å². The molecule has 2 nitrogen and oxygen atoms in total. The van der Waals surface area contributed by atoms with Crippen molar-refractivity contribution >= 4 is 22.2 Å². The molecule has 0 aliphatic heterocycles. The summed E-state index contributed by atoms with van der Waals surface area (Å²) in [6.07, 6.45) is 2.06. The van der Waals surface area contributed by atoms with Crippen molar-refractivity contribution in [1.82, 2.24) is 0 Å². The Morgan fingerprint density at radius 2 is 1.75 bits per heavy atom. The summed E-state index contributed by atoms with van der Waals surface area (Å²) < 4.78 is 6.39. The minimum Gasteiger partial charge on any atom is -0.489 e. The van der Waals surface area contributed by atoms with Gasteiger partial charge in [0.05, 0.1) is 0 Å². The predicted molar refractivity (Wildman–Crippen MR) is 86.3 cm³/mol. The Morgan fingerprint density at radius 1 is 1.10 bits per heavy atom. The zero-order valence-corrected chi connectivity index (χ0v) is 13.4. The Bertz CT molecular complexity index is 524. The van der Waals surface area contributed by atoms with E-state index in [0.29, 0.717) is 17.9 Å². The van der Waals surface area contributed by atoms with Crippen LogP contribution in [0.25, 0.3) is 0 Å². The first-order chi connectivity index (χ1) is 9.71. The highest BCUT2D eigenvalue weighted by molar-refractivity contribution is 9.10. The van der Waals surface area contributed by atoms with Crippen molar-refractivity contribution in [3.63, 3.8) is 0 Å². The van der Waals surface area contributed by atoms with Gasteiger partial charge in [0, 0.05) is 10.0 Å². The molecular weight excluding hydrogens is 316 g/mol. The van der Waals surface area contributed by atoms with Gasteiger partial charge in [-0.15, -0.1) is 0 Å². The van der Waals surface area contributed by atoms with Gasteiger partial charge in [-0.3, -0.25) is 4.79 Å². The molecule has 0 amide bonds. The van der Waals surface area contributed by atoms with Gasteiger partial charge < -0.3 is 4.74 Å². The van der Waals surface area contributed by atoms with E-state index in [1.165, 1.54) is 6.42 Å². The highest BCUT2D eigenvalue weighted by Gasteiger charge is 2.01. The molecule has 0 aliphatic rings. The average molecular weight is 335 g/mol. The second-order valence-corrected chi connectivity index (χ2v) is 5.14. The minimum atomic E-state index is 0.501. The van der Waals surface area contributed by atoms with E-state index < -0.39 is 0 Å². The van der Waals surface area contributed by atoms with E-state index in [-0.39, 0.29) is 0 Å². The van der Waals surface area contributed by atoms with Crippen LogP contribution in [0.3, 0.4) is 0 Å². The highest BCUT2D eigenvalue weighted by Crippen LogP contribution is 2.21. The second kappa shape index (κ2) is 9.32. The van der Waals surface area contributed by atoms with Crippen molar-refractivity contribution in [3.8, 4) is 5.75 Å². The van der Waals surface area contributed by atoms with Crippen molar-refractivity contribution in [2.45, 2.75) is 26.9 Å². The van der Waals surface area contributed by atoms with E-state index in [2.05, 4.69) is 29.8 Å². The predicted octanol–water partition coefficient (Wildman–Crippen LogP) is 5.26. The van der Waals surface area contributed by atoms with Gasteiger partial charge in [0.25, 0.3) is 0 Å². The molecular formula is C17H19BrO2. The molecule has 0 heterocycles. The van der Waals surface area contributed by atoms with E-state index in [1.54, 1.807) is 6.07 Å². The lowest BCUT2D eigenvalue weighted by Gasteiger charge is -2.07. The number of carbonyl (C=O) groups excluding carboxylic acids is 1. The van der Waals surface area contributed by atoms with Crippen molar-refractivity contribution < 1.29 is 9.53 Å². The van der Waals surface area contributed by atoms with Crippen LogP contribution in [-0.2, 0) is 6.61 Å². The summed E-state index contributed by atoms with van der Waals surface area (Å²) in [5.41, 5.74) is 1.69. The number of rotatable bonds is 4. The maximum absolute atomic E-state index is 10.8. The minimum absolute atomic E-state index is 0.501. The smallest absolute Gasteiger partial charge is 0.151 e. The highest BCUT2D eigenvalue weighted by atomic mass is 79.9. The molecule has 20 heavy (non-hydrogen) atoms. The summed E-state index contributed by atoms with van der Waals surface area (Å²) in [5.74, 6) is 0.694. The molecule has 0 N–H and O–H groups in total. The van der Waals surface area contributed by atoms with E-state index in [9.17, 15) is 4.79 Å². The average Bonchev–Trinajstić information content (AvgIpc) is 2.48. The van der Waals surface area contributed by atoms with Crippen LogP contribution in [0.2, 0.25) is 0 Å². The maximum atomic E-state index is 10.8. The molecule has 2 aromatic rings. The number of aldehydes is 1. The lowest BCUT2D eigenvalue weighted by Crippen LogP contribution is -1.95. The van der Waals surface area contributed by atoms with E-state index in [0.717, 1.165) is 16.3 Å². The summed E-state index contributed by atoms with van der Waals surface area (Å²) in [6, 6.07) is 15.3. The molecule has 0 saturated heterocycles. The Balaban J connectivity index is 0.000000612. The van der Waals surface area contributed by atoms with Crippen molar-refractivity contribution in [2.75, 3.05) is 0 Å². The molecule has 0 aliphatic carbocycles. The molecule has 0 fully saturated rings. The first kappa shape index (κ1) is 16.4. The molecule has 0 atom stereocenters. The molecule has 0 bridgehead atoms. The summed E-state index contributed by atoms with van der Waals surface area (Å²) in [6.45, 7) is 4.75. The second-order valence-electron chi connectivity index (χ2n) is 4.28. The first-order valence-electron chi connectivity index (χ1n) is 6.62. The zero-order valence-electron chi connectivity index (χ0n) is 11.8. The molecule has 0 aromatic heterocycles. The largest absolute Gasteiger partial charge is 0.489 e. The molecule has 0 spiro atoms. The molecule has 0 radical (unpaired) electrons. The van der Waals surface area contributed by atoms with E-state index >= 15 is 0 Å². The summed E-state index contributed by atoms with van der Waals surface area (Å²) >= 11 is 3.30. The van der Waals surface area contributed by atoms with E-state index in [4.69, 9.17) is 4.74 Å². The van der Waals surface area contributed by atoms with Crippen molar-refractivity contribution in [3.05, 3.63) is 64.1 Å². The number of ether oxygens (including phenoxy) is 1. The standard InChI is InChI=1S/C14H11BrO2.C3H8/c15-14-7-6-13(8-12(14)9-16)17-10-11-4-2-1-3-5-11;1-3-2/h1-9H,10H2;3H2,1-2H3. The van der Waals surface area contributed by atoms with Gasteiger partial charge in [-0.2, -0.15) is 0 Å². The van der Waals surface area contributed by atoms with Gasteiger partial charge in [0.2, 0.25) is 0 Å². The third-order valence-corrected chi connectivity index (χ3v) is 3.06. The fourth-order valence-electron chi connectivity index (χ4n) is 1.44. The fourth-order valence-corrected chi connectivity index (χ4v) is 1.78. The SMILES string of the molecule is CCC.O=Cc1cc(OCc2ccccc2)ccc1Br. The van der Waals surface area contributed by atoms with Gasteiger partial charge in [-0.05, 0) is 23.8 Å². The number of benzene rings is 2. The Morgan fingerprint density at radius 3 is 2.35 bits per heavy atom. The van der Waals surface area contributed by atoms with Crippen LogP contribution in [0.5, 0.6) is 5.75 Å². The Hall–Kier alpha value is -1.61. The van der Waals surface area contributed by atoms with Crippen LogP contribution < -0.4 is 4.74 Å². The molecule has 106 valence electrons. The summed E-state index contributed by atoms with van der Waals surface area (Å²) in [5, 5.41) is 0. The monoisotopic (exact) mass is 334 g/mol. The Labute approximate surface area is 128 Å². The van der Waals surface area contributed by atoms with Crippen LogP contribution in [0.1, 0.15) is 36.2 Å². The number of hydrogen-bond donors (Lipinski definition) is 0. The first-order valence-corrected chi connectivity index (χ1v) is 7.42. The lowest BCUT2D eigenvalue weighted by atomic mass is 10.2. The van der Waals surface area contributed by atoms with Crippen LogP contribution >= 0.6 is 15.9 Å². The molecule has 0 unspecified atom stereocenters. The third kappa shape index (κ3) is 5.57. The van der Waals surface area contributed by atoms with Crippen molar-refractivity contribution in [1.29, 1.82) is 0 Å². The van der Waals surface area contributed by atoms with Gasteiger partial charge >= 0.3 is 0 Å². The number of hydrogen-bond acceptors (Lipinski definition) is 2. The van der Waals surface area contributed by atoms with Gasteiger partial charge in [-0.25, -0.2) is 0 Å². The zero-order chi connectivity index (χ0) is 14.8. The third-order valence-electron chi connectivity index (χ3n) is 2.34. The Kier molecular flexibility index (Phi) is 7.66. The maximum Gasteiger partial charge on any atom is 0.151 e. The quantitative estimate of drug-likeness (QED) is 0.713. The summed E-state index contributed by atoms with van der Waals surface area (Å²) in [7, 11) is 0. The van der Waals surface area contributed by atoms with Gasteiger partial charge in [0.1, 0.15) is 12.4 Å². The van der Waals surface area contributed by atoms with Crippen LogP contribution in [-0.4, -0.2) is 6.29 Å². The molecule has 2 rings (SSSR count). The molecule has 2 aromatic carbocycles. The van der Waals surface area contributed by atoms with Crippen LogP contribution in [0.15, 0.2) is 53.0 Å². The number of halogens is 1. The van der Waals surface area contributed by atoms with Gasteiger partial charge in [-0.1, -0.05) is 66.5 Å². The molecule has 3 heteroatoms. The van der Waals surface area contributed by atoms with Crippen molar-refractivity contribution in [2.24, 2.45) is 0 Å². The molecule has 0 saturated carbocycles. The van der Waals surface area contributed by atoms with E-state index in [1.807, 2.05) is 42.5 Å².